The fourth-order valence-electron chi connectivity index (χ4n) is 3.02. The summed E-state index contributed by atoms with van der Waals surface area (Å²) in [5.41, 5.74) is 1.18. The number of hydrogen-bond donors (Lipinski definition) is 2. The predicted molar refractivity (Wildman–Crippen MR) is 111 cm³/mol. The third-order valence-corrected chi connectivity index (χ3v) is 4.49. The molecule has 1 heterocycles. The highest BCUT2D eigenvalue weighted by Crippen LogP contribution is 2.27. The van der Waals surface area contributed by atoms with Crippen molar-refractivity contribution in [3.63, 3.8) is 0 Å². The number of para-hydroxylation sites is 1. The number of aromatic amines is 1. The second kappa shape index (κ2) is 9.60. The van der Waals surface area contributed by atoms with Gasteiger partial charge in [0.25, 0.3) is 5.91 Å². The molecule has 0 aliphatic rings. The summed E-state index contributed by atoms with van der Waals surface area (Å²) in [7, 11) is 3.12. The first-order chi connectivity index (χ1) is 14.5. The summed E-state index contributed by atoms with van der Waals surface area (Å²) in [6.07, 6.45) is 0.568. The topological polar surface area (TPSA) is 107 Å². The van der Waals surface area contributed by atoms with Crippen LogP contribution in [0.15, 0.2) is 53.3 Å². The van der Waals surface area contributed by atoms with Crippen molar-refractivity contribution in [2.45, 2.75) is 6.42 Å². The molecule has 0 spiro atoms. The standard InChI is InChI=1S/C22H22N2O6/c1-28-18-8-7-14(11-19(18)29-2)9-10-23-21(26)13-30-22(27)16-12-20(25)24-17-6-4-3-5-15(16)17/h3-8,11-12H,9-10,13H2,1-2H3,(H,23,26)(H,24,25). The Morgan fingerprint density at radius 1 is 1.00 bits per heavy atom. The first-order valence-electron chi connectivity index (χ1n) is 9.28. The molecule has 8 nitrogen and oxygen atoms in total. The summed E-state index contributed by atoms with van der Waals surface area (Å²) in [4.78, 5) is 38.8. The van der Waals surface area contributed by atoms with Crippen LogP contribution in [-0.4, -0.2) is 44.2 Å². The van der Waals surface area contributed by atoms with Gasteiger partial charge in [0.15, 0.2) is 18.1 Å². The average Bonchev–Trinajstić information content (AvgIpc) is 2.76. The molecule has 30 heavy (non-hydrogen) atoms. The second-order valence-electron chi connectivity index (χ2n) is 6.46. The maximum atomic E-state index is 12.4. The molecule has 3 rings (SSSR count). The van der Waals surface area contributed by atoms with Crippen LogP contribution in [0.3, 0.4) is 0 Å². The number of carbonyl (C=O) groups excluding carboxylic acids is 2. The lowest BCUT2D eigenvalue weighted by Gasteiger charge is -2.10. The van der Waals surface area contributed by atoms with Crippen LogP contribution in [0.2, 0.25) is 0 Å². The van der Waals surface area contributed by atoms with Crippen LogP contribution in [0.25, 0.3) is 10.9 Å². The molecular formula is C22H22N2O6. The van der Waals surface area contributed by atoms with Crippen LogP contribution < -0.4 is 20.3 Å². The van der Waals surface area contributed by atoms with Crippen LogP contribution in [-0.2, 0) is 16.0 Å². The smallest absolute Gasteiger partial charge is 0.339 e. The van der Waals surface area contributed by atoms with Crippen LogP contribution in [0.4, 0.5) is 0 Å². The van der Waals surface area contributed by atoms with E-state index >= 15 is 0 Å². The molecule has 0 saturated carbocycles. The molecule has 0 saturated heterocycles. The zero-order valence-electron chi connectivity index (χ0n) is 16.7. The Morgan fingerprint density at radius 2 is 1.77 bits per heavy atom. The lowest BCUT2D eigenvalue weighted by Crippen LogP contribution is -2.30. The van der Waals surface area contributed by atoms with E-state index < -0.39 is 24.0 Å². The maximum Gasteiger partial charge on any atom is 0.339 e. The molecular weight excluding hydrogens is 388 g/mol. The van der Waals surface area contributed by atoms with Gasteiger partial charge in [-0.05, 0) is 30.2 Å². The van der Waals surface area contributed by atoms with Gasteiger partial charge in [0, 0.05) is 23.5 Å². The molecule has 3 aromatic rings. The highest BCUT2D eigenvalue weighted by Gasteiger charge is 2.14. The fraction of sp³-hybridized carbons (Fsp3) is 0.227. The Balaban J connectivity index is 1.53. The number of hydrogen-bond acceptors (Lipinski definition) is 6. The summed E-state index contributed by atoms with van der Waals surface area (Å²) in [6.45, 7) is -0.0777. The molecule has 8 heteroatoms. The van der Waals surface area contributed by atoms with Gasteiger partial charge in [0.2, 0.25) is 5.56 Å². The summed E-state index contributed by atoms with van der Waals surface area (Å²) < 4.78 is 15.5. The van der Waals surface area contributed by atoms with Gasteiger partial charge in [0.05, 0.1) is 19.8 Å². The number of ether oxygens (including phenoxy) is 3. The van der Waals surface area contributed by atoms with Crippen LogP contribution in [0.1, 0.15) is 15.9 Å². The Labute approximate surface area is 172 Å². The van der Waals surface area contributed by atoms with E-state index in [1.165, 1.54) is 6.07 Å². The molecule has 156 valence electrons. The number of esters is 1. The molecule has 0 unspecified atom stereocenters. The minimum atomic E-state index is -0.729. The van der Waals surface area contributed by atoms with E-state index in [-0.39, 0.29) is 5.56 Å². The van der Waals surface area contributed by atoms with E-state index in [1.54, 1.807) is 44.6 Å². The van der Waals surface area contributed by atoms with E-state index in [0.717, 1.165) is 5.56 Å². The van der Waals surface area contributed by atoms with E-state index in [1.807, 2.05) is 12.1 Å². The van der Waals surface area contributed by atoms with Crippen molar-refractivity contribution in [3.05, 3.63) is 70.0 Å². The van der Waals surface area contributed by atoms with Crippen molar-refractivity contribution in [3.8, 4) is 11.5 Å². The molecule has 0 aliphatic heterocycles. The van der Waals surface area contributed by atoms with E-state index in [0.29, 0.717) is 35.4 Å². The highest BCUT2D eigenvalue weighted by molar-refractivity contribution is 6.03. The van der Waals surface area contributed by atoms with Gasteiger partial charge in [0.1, 0.15) is 0 Å². The summed E-state index contributed by atoms with van der Waals surface area (Å²) in [5.74, 6) is 0.0788. The van der Waals surface area contributed by atoms with E-state index in [4.69, 9.17) is 14.2 Å². The van der Waals surface area contributed by atoms with E-state index in [2.05, 4.69) is 10.3 Å². The monoisotopic (exact) mass is 410 g/mol. The number of benzene rings is 2. The fourth-order valence-corrected chi connectivity index (χ4v) is 3.02. The van der Waals surface area contributed by atoms with Crippen molar-refractivity contribution < 1.29 is 23.8 Å². The van der Waals surface area contributed by atoms with Crippen LogP contribution >= 0.6 is 0 Å². The number of nitrogens with one attached hydrogen (secondary N) is 2. The minimum absolute atomic E-state index is 0.118. The van der Waals surface area contributed by atoms with Gasteiger partial charge in [-0.1, -0.05) is 24.3 Å². The number of carbonyl (C=O) groups is 2. The highest BCUT2D eigenvalue weighted by atomic mass is 16.5. The first kappa shape index (κ1) is 20.9. The van der Waals surface area contributed by atoms with Crippen LogP contribution in [0, 0.1) is 0 Å². The number of pyridine rings is 1. The third kappa shape index (κ3) is 4.96. The Morgan fingerprint density at radius 3 is 2.53 bits per heavy atom. The van der Waals surface area contributed by atoms with E-state index in [9.17, 15) is 14.4 Å². The van der Waals surface area contributed by atoms with Crippen molar-refractivity contribution in [2.75, 3.05) is 27.4 Å². The van der Waals surface area contributed by atoms with Gasteiger partial charge in [-0.25, -0.2) is 4.79 Å². The van der Waals surface area contributed by atoms with Gasteiger partial charge >= 0.3 is 5.97 Å². The number of H-pyrrole nitrogens is 1. The van der Waals surface area contributed by atoms with Gasteiger partial charge in [-0.2, -0.15) is 0 Å². The molecule has 0 bridgehead atoms. The molecule has 2 N–H and O–H groups in total. The Bertz CT molecular complexity index is 1120. The summed E-state index contributed by atoms with van der Waals surface area (Å²) in [6, 6.07) is 13.6. The number of rotatable bonds is 8. The van der Waals surface area contributed by atoms with Gasteiger partial charge < -0.3 is 24.5 Å². The molecule has 1 aromatic heterocycles. The number of aromatic nitrogens is 1. The quantitative estimate of drug-likeness (QED) is 0.551. The van der Waals surface area contributed by atoms with Gasteiger partial charge in [-0.15, -0.1) is 0 Å². The summed E-state index contributed by atoms with van der Waals surface area (Å²) in [5, 5.41) is 3.25. The van der Waals surface area contributed by atoms with Crippen molar-refractivity contribution in [1.29, 1.82) is 0 Å². The number of methoxy groups -OCH3 is 2. The molecule has 2 aromatic carbocycles. The largest absolute Gasteiger partial charge is 0.493 e. The van der Waals surface area contributed by atoms with Crippen molar-refractivity contribution in [2.24, 2.45) is 0 Å². The number of amides is 1. The summed E-state index contributed by atoms with van der Waals surface area (Å²) >= 11 is 0. The molecule has 0 fully saturated rings. The molecule has 0 aliphatic carbocycles. The zero-order valence-corrected chi connectivity index (χ0v) is 16.7. The molecule has 1 amide bonds. The lowest BCUT2D eigenvalue weighted by atomic mass is 10.1. The molecule has 0 radical (unpaired) electrons. The normalized spacial score (nSPS) is 10.5. The molecule has 0 atom stereocenters. The van der Waals surface area contributed by atoms with Crippen molar-refractivity contribution in [1.82, 2.24) is 10.3 Å². The Kier molecular flexibility index (Phi) is 6.69. The SMILES string of the molecule is COc1ccc(CCNC(=O)COC(=O)c2cc(=O)[nH]c3ccccc23)cc1OC. The zero-order chi connectivity index (χ0) is 21.5. The Hall–Kier alpha value is -3.81. The minimum Gasteiger partial charge on any atom is -0.493 e. The first-order valence-corrected chi connectivity index (χ1v) is 9.28. The number of fused-ring (bicyclic) bond motifs is 1. The maximum absolute atomic E-state index is 12.4. The third-order valence-electron chi connectivity index (χ3n) is 4.49. The van der Waals surface area contributed by atoms with Crippen LogP contribution in [0.5, 0.6) is 11.5 Å². The van der Waals surface area contributed by atoms with Gasteiger partial charge in [-0.3, -0.25) is 9.59 Å². The van der Waals surface area contributed by atoms with Crippen molar-refractivity contribution >= 4 is 22.8 Å². The lowest BCUT2D eigenvalue weighted by molar-refractivity contribution is -0.124. The predicted octanol–water partition coefficient (Wildman–Crippen LogP) is 2.06. The average molecular weight is 410 g/mol. The second-order valence-corrected chi connectivity index (χ2v) is 6.46.